The maximum absolute atomic E-state index is 11.2. The Labute approximate surface area is 101 Å². The molecular formula is C14H14N2O. The molecule has 0 spiro atoms. The van der Waals surface area contributed by atoms with Crippen LogP contribution >= 0.6 is 0 Å². The normalized spacial score (nSPS) is 10.2. The molecule has 86 valence electrons. The number of Topliss-reactive ketones (excluding diaryl/α,β-unsaturated/α-hetero) is 1. The lowest BCUT2D eigenvalue weighted by Crippen LogP contribution is -1.95. The molecular weight excluding hydrogens is 212 g/mol. The fourth-order valence-electron chi connectivity index (χ4n) is 1.59. The molecule has 0 aliphatic heterocycles. The van der Waals surface area contributed by atoms with E-state index in [4.69, 9.17) is 0 Å². The molecule has 0 fully saturated rings. The third-order valence-corrected chi connectivity index (χ3v) is 2.63. The van der Waals surface area contributed by atoms with E-state index in [1.807, 2.05) is 18.2 Å². The van der Waals surface area contributed by atoms with Crippen LogP contribution in [0.1, 0.15) is 29.9 Å². The summed E-state index contributed by atoms with van der Waals surface area (Å²) in [5.41, 5.74) is 2.66. The number of aryl methyl sites for hydroxylation is 1. The van der Waals surface area contributed by atoms with Crippen LogP contribution in [0.3, 0.4) is 0 Å². The summed E-state index contributed by atoms with van der Waals surface area (Å²) in [6.07, 6.45) is 2.65. The number of aromatic nitrogens is 2. The number of rotatable bonds is 3. The summed E-state index contributed by atoms with van der Waals surface area (Å²) in [5, 5.41) is 0. The van der Waals surface area contributed by atoms with Crippen LogP contribution in [-0.2, 0) is 6.42 Å². The minimum Gasteiger partial charge on any atom is -0.295 e. The fourth-order valence-corrected chi connectivity index (χ4v) is 1.59. The third-order valence-electron chi connectivity index (χ3n) is 2.63. The zero-order valence-corrected chi connectivity index (χ0v) is 9.97. The second-order valence-electron chi connectivity index (χ2n) is 3.86. The highest BCUT2D eigenvalue weighted by atomic mass is 16.1. The van der Waals surface area contributed by atoms with Gasteiger partial charge in [-0.05, 0) is 19.4 Å². The van der Waals surface area contributed by atoms with E-state index in [0.29, 0.717) is 11.4 Å². The van der Waals surface area contributed by atoms with Gasteiger partial charge in [0.05, 0.1) is 0 Å². The summed E-state index contributed by atoms with van der Waals surface area (Å²) in [6.45, 7) is 3.62. The molecule has 0 atom stereocenters. The SMILES string of the molecule is CCc1ccnc(-c2ccc(C(C)=O)cc2)n1. The highest BCUT2D eigenvalue weighted by molar-refractivity contribution is 5.94. The van der Waals surface area contributed by atoms with Gasteiger partial charge in [0, 0.05) is 23.0 Å². The Balaban J connectivity index is 2.36. The number of hydrogen-bond donors (Lipinski definition) is 0. The van der Waals surface area contributed by atoms with Crippen molar-refractivity contribution in [2.75, 3.05) is 0 Å². The van der Waals surface area contributed by atoms with Crippen LogP contribution in [0.15, 0.2) is 36.5 Å². The molecule has 0 amide bonds. The molecule has 1 aromatic carbocycles. The topological polar surface area (TPSA) is 42.9 Å². The average molecular weight is 226 g/mol. The van der Waals surface area contributed by atoms with Crippen molar-refractivity contribution in [1.29, 1.82) is 0 Å². The van der Waals surface area contributed by atoms with Gasteiger partial charge in [-0.15, -0.1) is 0 Å². The molecule has 3 heteroatoms. The average Bonchev–Trinajstić information content (AvgIpc) is 2.39. The van der Waals surface area contributed by atoms with Gasteiger partial charge in [0.1, 0.15) is 0 Å². The van der Waals surface area contributed by atoms with E-state index in [1.165, 1.54) is 0 Å². The lowest BCUT2D eigenvalue weighted by atomic mass is 10.1. The Kier molecular flexibility index (Phi) is 3.28. The Morgan fingerprint density at radius 3 is 2.47 bits per heavy atom. The zero-order valence-electron chi connectivity index (χ0n) is 9.97. The summed E-state index contributed by atoms with van der Waals surface area (Å²) >= 11 is 0. The van der Waals surface area contributed by atoms with Gasteiger partial charge in [-0.25, -0.2) is 9.97 Å². The molecule has 1 aromatic heterocycles. The maximum Gasteiger partial charge on any atom is 0.159 e. The molecule has 1 heterocycles. The minimum atomic E-state index is 0.0692. The van der Waals surface area contributed by atoms with Gasteiger partial charge in [-0.3, -0.25) is 4.79 Å². The van der Waals surface area contributed by atoms with Gasteiger partial charge < -0.3 is 0 Å². The van der Waals surface area contributed by atoms with E-state index in [1.54, 1.807) is 25.3 Å². The van der Waals surface area contributed by atoms with Crippen molar-refractivity contribution in [2.24, 2.45) is 0 Å². The lowest BCUT2D eigenvalue weighted by Gasteiger charge is -2.02. The molecule has 0 saturated heterocycles. The Morgan fingerprint density at radius 2 is 1.88 bits per heavy atom. The number of carbonyl (C=O) groups is 1. The Morgan fingerprint density at radius 1 is 1.18 bits per heavy atom. The summed E-state index contributed by atoms with van der Waals surface area (Å²) in [6, 6.07) is 9.28. The van der Waals surface area contributed by atoms with E-state index in [-0.39, 0.29) is 5.78 Å². The van der Waals surface area contributed by atoms with E-state index in [0.717, 1.165) is 17.7 Å². The van der Waals surface area contributed by atoms with Crippen molar-refractivity contribution in [3.8, 4) is 11.4 Å². The molecule has 0 saturated carbocycles. The van der Waals surface area contributed by atoms with Crippen LogP contribution in [0.25, 0.3) is 11.4 Å². The minimum absolute atomic E-state index is 0.0692. The molecule has 0 bridgehead atoms. The molecule has 2 rings (SSSR count). The largest absolute Gasteiger partial charge is 0.295 e. The number of hydrogen-bond acceptors (Lipinski definition) is 3. The predicted molar refractivity (Wildman–Crippen MR) is 66.9 cm³/mol. The molecule has 0 unspecified atom stereocenters. The number of nitrogens with zero attached hydrogens (tertiary/aromatic N) is 2. The summed E-state index contributed by atoms with van der Waals surface area (Å²) < 4.78 is 0. The first-order chi connectivity index (χ1) is 8.20. The van der Waals surface area contributed by atoms with E-state index >= 15 is 0 Å². The molecule has 0 N–H and O–H groups in total. The van der Waals surface area contributed by atoms with Crippen molar-refractivity contribution >= 4 is 5.78 Å². The first-order valence-electron chi connectivity index (χ1n) is 5.64. The van der Waals surface area contributed by atoms with Crippen molar-refractivity contribution in [3.63, 3.8) is 0 Å². The van der Waals surface area contributed by atoms with Crippen molar-refractivity contribution < 1.29 is 4.79 Å². The second kappa shape index (κ2) is 4.87. The van der Waals surface area contributed by atoms with Gasteiger partial charge in [0.25, 0.3) is 0 Å². The first-order valence-corrected chi connectivity index (χ1v) is 5.64. The van der Waals surface area contributed by atoms with Gasteiger partial charge >= 0.3 is 0 Å². The van der Waals surface area contributed by atoms with Gasteiger partial charge in [0.15, 0.2) is 11.6 Å². The van der Waals surface area contributed by atoms with E-state index in [9.17, 15) is 4.79 Å². The smallest absolute Gasteiger partial charge is 0.159 e. The first kappa shape index (κ1) is 11.5. The maximum atomic E-state index is 11.2. The molecule has 0 aliphatic rings. The number of ketones is 1. The van der Waals surface area contributed by atoms with Crippen molar-refractivity contribution in [1.82, 2.24) is 9.97 Å². The predicted octanol–water partition coefficient (Wildman–Crippen LogP) is 2.91. The third kappa shape index (κ3) is 2.56. The Hall–Kier alpha value is -2.03. The molecule has 0 aliphatic carbocycles. The summed E-state index contributed by atoms with van der Waals surface area (Å²) in [4.78, 5) is 19.8. The fraction of sp³-hybridized carbons (Fsp3) is 0.214. The zero-order chi connectivity index (χ0) is 12.3. The highest BCUT2D eigenvalue weighted by Crippen LogP contribution is 2.16. The van der Waals surface area contributed by atoms with E-state index < -0.39 is 0 Å². The van der Waals surface area contributed by atoms with Crippen LogP contribution < -0.4 is 0 Å². The Bertz CT molecular complexity index is 532. The standard InChI is InChI=1S/C14H14N2O/c1-3-13-8-9-15-14(16-13)12-6-4-11(5-7-12)10(2)17/h4-9H,3H2,1-2H3. The second-order valence-corrected chi connectivity index (χ2v) is 3.86. The van der Waals surface area contributed by atoms with Crippen LogP contribution in [0.4, 0.5) is 0 Å². The summed E-state index contributed by atoms with van der Waals surface area (Å²) in [7, 11) is 0. The molecule has 0 radical (unpaired) electrons. The van der Waals surface area contributed by atoms with Gasteiger partial charge in [0.2, 0.25) is 0 Å². The van der Waals surface area contributed by atoms with Crippen LogP contribution in [0.2, 0.25) is 0 Å². The van der Waals surface area contributed by atoms with Crippen LogP contribution in [0, 0.1) is 0 Å². The number of benzene rings is 1. The van der Waals surface area contributed by atoms with Gasteiger partial charge in [-0.1, -0.05) is 31.2 Å². The van der Waals surface area contributed by atoms with Crippen molar-refractivity contribution in [2.45, 2.75) is 20.3 Å². The molecule has 3 nitrogen and oxygen atoms in total. The summed E-state index contributed by atoms with van der Waals surface area (Å²) in [5.74, 6) is 0.777. The van der Waals surface area contributed by atoms with Crippen molar-refractivity contribution in [3.05, 3.63) is 47.8 Å². The highest BCUT2D eigenvalue weighted by Gasteiger charge is 2.03. The quantitative estimate of drug-likeness (QED) is 0.756. The molecule has 17 heavy (non-hydrogen) atoms. The molecule has 2 aromatic rings. The van der Waals surface area contributed by atoms with Gasteiger partial charge in [-0.2, -0.15) is 0 Å². The van der Waals surface area contributed by atoms with E-state index in [2.05, 4.69) is 16.9 Å². The monoisotopic (exact) mass is 226 g/mol. The van der Waals surface area contributed by atoms with Crippen LogP contribution in [-0.4, -0.2) is 15.8 Å². The van der Waals surface area contributed by atoms with Crippen LogP contribution in [0.5, 0.6) is 0 Å². The number of carbonyl (C=O) groups excluding carboxylic acids is 1. The lowest BCUT2D eigenvalue weighted by molar-refractivity contribution is 0.101.